The topological polar surface area (TPSA) is 72.2 Å². The van der Waals surface area contributed by atoms with Crippen LogP contribution in [0.5, 0.6) is 0 Å². The van der Waals surface area contributed by atoms with Gasteiger partial charge in [-0.1, -0.05) is 0 Å². The van der Waals surface area contributed by atoms with E-state index in [0.29, 0.717) is 12.8 Å². The third-order valence-electron chi connectivity index (χ3n) is 2.36. The summed E-state index contributed by atoms with van der Waals surface area (Å²) in [5.41, 5.74) is 5.41. The normalized spacial score (nSPS) is 11.2. The smallest absolute Gasteiger partial charge is 0.240 e. The molecule has 0 heterocycles. The highest BCUT2D eigenvalue weighted by atomic mass is 32.2. The number of nitrogens with two attached hydrogens (primary N) is 1. The number of nitrogen functional groups attached to an aromatic ring is 1. The number of unbranched alkanes of at least 4 members (excludes halogenated alkanes) is 1. The number of anilines is 1. The minimum Gasteiger partial charge on any atom is -0.396 e. The first-order valence-electron chi connectivity index (χ1n) is 5.37. The van der Waals surface area contributed by atoms with Crippen molar-refractivity contribution in [2.45, 2.75) is 24.7 Å². The number of hydrogen-bond donors (Lipinski definition) is 2. The molecule has 0 fully saturated rings. The Balaban J connectivity index is 2.89. The third-order valence-corrected chi connectivity index (χ3v) is 3.80. The fraction of sp³-hybridized carbons (Fsp3) is 0.333. The van der Waals surface area contributed by atoms with Crippen LogP contribution in [0.15, 0.2) is 17.0 Å². The largest absolute Gasteiger partial charge is 0.396 e. The predicted molar refractivity (Wildman–Crippen MR) is 68.8 cm³/mol. The third kappa shape index (κ3) is 3.45. The van der Waals surface area contributed by atoms with Crippen LogP contribution in [0.3, 0.4) is 0 Å². The van der Waals surface area contributed by atoms with Gasteiger partial charge in [0.05, 0.1) is 10.6 Å². The van der Waals surface area contributed by atoms with Gasteiger partial charge < -0.3 is 5.73 Å². The van der Waals surface area contributed by atoms with Crippen molar-refractivity contribution in [3.8, 4) is 12.3 Å². The van der Waals surface area contributed by atoms with Gasteiger partial charge in [-0.3, -0.25) is 0 Å². The fourth-order valence-electron chi connectivity index (χ4n) is 1.40. The number of rotatable bonds is 5. The zero-order valence-corrected chi connectivity index (χ0v) is 10.8. The van der Waals surface area contributed by atoms with Crippen molar-refractivity contribution in [2.75, 3.05) is 12.3 Å². The van der Waals surface area contributed by atoms with E-state index in [1.54, 1.807) is 0 Å². The van der Waals surface area contributed by atoms with Gasteiger partial charge in [-0.05, 0) is 31.0 Å². The standard InChI is InChI=1S/C12H15FN2O2S/c1-3-4-5-6-15-18(16,17)10-7-9(2)12(13)11(14)8-10/h1,7-8,15H,4-6,14H2,2H3. The van der Waals surface area contributed by atoms with E-state index >= 15 is 0 Å². The van der Waals surface area contributed by atoms with E-state index < -0.39 is 15.8 Å². The van der Waals surface area contributed by atoms with E-state index in [9.17, 15) is 12.8 Å². The summed E-state index contributed by atoms with van der Waals surface area (Å²) in [6, 6.07) is 2.35. The van der Waals surface area contributed by atoms with Gasteiger partial charge >= 0.3 is 0 Å². The van der Waals surface area contributed by atoms with Crippen LogP contribution in [-0.2, 0) is 10.0 Å². The molecule has 0 unspecified atom stereocenters. The summed E-state index contributed by atoms with van der Waals surface area (Å²) in [4.78, 5) is -0.0420. The Morgan fingerprint density at radius 1 is 1.50 bits per heavy atom. The molecule has 1 aromatic carbocycles. The lowest BCUT2D eigenvalue weighted by molar-refractivity contribution is 0.578. The van der Waals surface area contributed by atoms with Crippen LogP contribution in [0.2, 0.25) is 0 Å². The van der Waals surface area contributed by atoms with Gasteiger partial charge in [0.2, 0.25) is 10.0 Å². The molecule has 0 bridgehead atoms. The molecular weight excluding hydrogens is 255 g/mol. The Morgan fingerprint density at radius 3 is 2.72 bits per heavy atom. The Bertz CT molecular complexity index is 553. The highest BCUT2D eigenvalue weighted by Gasteiger charge is 2.16. The number of hydrogen-bond acceptors (Lipinski definition) is 3. The molecule has 0 spiro atoms. The average molecular weight is 270 g/mol. The molecule has 0 saturated carbocycles. The second-order valence-corrected chi connectivity index (χ2v) is 5.62. The van der Waals surface area contributed by atoms with E-state index in [1.165, 1.54) is 13.0 Å². The highest BCUT2D eigenvalue weighted by Crippen LogP contribution is 2.20. The van der Waals surface area contributed by atoms with E-state index in [-0.39, 0.29) is 22.7 Å². The monoisotopic (exact) mass is 270 g/mol. The Kier molecular flexibility index (Phi) is 4.70. The Morgan fingerprint density at radius 2 is 2.17 bits per heavy atom. The van der Waals surface area contributed by atoms with Crippen LogP contribution in [-0.4, -0.2) is 15.0 Å². The van der Waals surface area contributed by atoms with E-state index in [1.807, 2.05) is 0 Å². The Labute approximate surface area is 106 Å². The summed E-state index contributed by atoms with van der Waals surface area (Å²) in [5, 5.41) is 0. The molecule has 0 atom stereocenters. The summed E-state index contributed by atoms with van der Waals surface area (Å²) in [7, 11) is -3.67. The first-order chi connectivity index (χ1) is 8.38. The maximum Gasteiger partial charge on any atom is 0.240 e. The summed E-state index contributed by atoms with van der Waals surface area (Å²) in [5.74, 6) is 1.82. The second kappa shape index (κ2) is 5.85. The lowest BCUT2D eigenvalue weighted by Gasteiger charge is -2.08. The van der Waals surface area contributed by atoms with Gasteiger partial charge in [-0.2, -0.15) is 0 Å². The number of benzene rings is 1. The molecule has 4 nitrogen and oxygen atoms in total. The van der Waals surface area contributed by atoms with Gasteiger partial charge in [-0.15, -0.1) is 12.3 Å². The second-order valence-electron chi connectivity index (χ2n) is 3.85. The molecule has 6 heteroatoms. The maximum atomic E-state index is 13.3. The molecule has 0 aliphatic carbocycles. The first kappa shape index (κ1) is 14.5. The molecule has 0 amide bonds. The van der Waals surface area contributed by atoms with Crippen LogP contribution in [0.1, 0.15) is 18.4 Å². The minimum absolute atomic E-state index is 0.0420. The number of terminal acetylenes is 1. The number of sulfonamides is 1. The molecule has 18 heavy (non-hydrogen) atoms. The molecule has 98 valence electrons. The van der Waals surface area contributed by atoms with Crippen LogP contribution in [0.4, 0.5) is 10.1 Å². The van der Waals surface area contributed by atoms with Crippen molar-refractivity contribution in [1.82, 2.24) is 4.72 Å². The van der Waals surface area contributed by atoms with Crippen molar-refractivity contribution in [2.24, 2.45) is 0 Å². The quantitative estimate of drug-likeness (QED) is 0.483. The summed E-state index contributed by atoms with van der Waals surface area (Å²) in [6.07, 6.45) is 6.10. The predicted octanol–water partition coefficient (Wildman–Crippen LogP) is 1.41. The summed E-state index contributed by atoms with van der Waals surface area (Å²) < 4.78 is 39.4. The molecule has 0 saturated heterocycles. The van der Waals surface area contributed by atoms with Crippen LogP contribution < -0.4 is 10.5 Å². The average Bonchev–Trinajstić information content (AvgIpc) is 2.31. The highest BCUT2D eigenvalue weighted by molar-refractivity contribution is 7.89. The van der Waals surface area contributed by atoms with Crippen molar-refractivity contribution < 1.29 is 12.8 Å². The van der Waals surface area contributed by atoms with Gasteiger partial charge in [0, 0.05) is 13.0 Å². The van der Waals surface area contributed by atoms with Crippen molar-refractivity contribution in [3.05, 3.63) is 23.5 Å². The molecule has 1 rings (SSSR count). The van der Waals surface area contributed by atoms with E-state index in [2.05, 4.69) is 10.6 Å². The fourth-order valence-corrected chi connectivity index (χ4v) is 2.59. The lowest BCUT2D eigenvalue weighted by atomic mass is 10.2. The van der Waals surface area contributed by atoms with E-state index in [0.717, 1.165) is 6.07 Å². The van der Waals surface area contributed by atoms with Crippen LogP contribution in [0, 0.1) is 25.1 Å². The van der Waals surface area contributed by atoms with Crippen LogP contribution >= 0.6 is 0 Å². The first-order valence-corrected chi connectivity index (χ1v) is 6.85. The molecule has 0 aliphatic rings. The molecule has 0 aliphatic heterocycles. The van der Waals surface area contributed by atoms with Crippen molar-refractivity contribution in [1.29, 1.82) is 0 Å². The molecule has 0 aromatic heterocycles. The molecule has 0 radical (unpaired) electrons. The SMILES string of the molecule is C#CCCCNS(=O)(=O)c1cc(C)c(F)c(N)c1. The maximum absolute atomic E-state index is 13.3. The summed E-state index contributed by atoms with van der Waals surface area (Å²) in [6.45, 7) is 1.70. The van der Waals surface area contributed by atoms with Gasteiger partial charge in [0.1, 0.15) is 5.82 Å². The van der Waals surface area contributed by atoms with E-state index in [4.69, 9.17) is 12.2 Å². The zero-order valence-electron chi connectivity index (χ0n) is 10.0. The van der Waals surface area contributed by atoms with Crippen molar-refractivity contribution >= 4 is 15.7 Å². The number of aryl methyl sites for hydroxylation is 1. The number of halogens is 1. The van der Waals surface area contributed by atoms with Crippen molar-refractivity contribution in [3.63, 3.8) is 0 Å². The molecule has 3 N–H and O–H groups in total. The molecular formula is C12H15FN2O2S. The van der Waals surface area contributed by atoms with Gasteiger partial charge in [-0.25, -0.2) is 17.5 Å². The zero-order chi connectivity index (χ0) is 13.8. The molecule has 1 aromatic rings. The lowest BCUT2D eigenvalue weighted by Crippen LogP contribution is -2.25. The summed E-state index contributed by atoms with van der Waals surface area (Å²) >= 11 is 0. The van der Waals surface area contributed by atoms with Crippen LogP contribution in [0.25, 0.3) is 0 Å². The van der Waals surface area contributed by atoms with Gasteiger partial charge in [0.25, 0.3) is 0 Å². The number of nitrogens with one attached hydrogen (secondary N) is 1. The van der Waals surface area contributed by atoms with Gasteiger partial charge in [0.15, 0.2) is 0 Å². The minimum atomic E-state index is -3.67. The Hall–Kier alpha value is -1.58.